The molecular weight excluding hydrogens is 378 g/mol. The van der Waals surface area contributed by atoms with Gasteiger partial charge in [0, 0.05) is 18.0 Å². The lowest BCUT2D eigenvalue weighted by atomic mass is 10.1. The molecule has 30 heavy (non-hydrogen) atoms. The fourth-order valence-corrected chi connectivity index (χ4v) is 3.75. The lowest BCUT2D eigenvalue weighted by Gasteiger charge is -2.25. The Hall–Kier alpha value is -3.65. The molecule has 0 saturated carbocycles. The Kier molecular flexibility index (Phi) is 4.90. The van der Waals surface area contributed by atoms with Crippen molar-refractivity contribution in [1.29, 1.82) is 0 Å². The summed E-state index contributed by atoms with van der Waals surface area (Å²) in [6.07, 6.45) is 5.49. The van der Waals surface area contributed by atoms with E-state index < -0.39 is 0 Å². The average molecular weight is 401 g/mol. The molecule has 2 aromatic heterocycles. The van der Waals surface area contributed by atoms with E-state index in [1.54, 1.807) is 10.9 Å². The lowest BCUT2D eigenvalue weighted by molar-refractivity contribution is 0.479. The van der Waals surface area contributed by atoms with Crippen molar-refractivity contribution < 1.29 is 4.74 Å². The maximum absolute atomic E-state index is 6.25. The Morgan fingerprint density at radius 1 is 1.10 bits per heavy atom. The highest BCUT2D eigenvalue weighted by atomic mass is 16.5. The number of ether oxygens (including phenoxy) is 1. The highest BCUT2D eigenvalue weighted by Gasteiger charge is 2.19. The summed E-state index contributed by atoms with van der Waals surface area (Å²) in [7, 11) is 0. The molecule has 3 heterocycles. The number of benzene rings is 2. The van der Waals surface area contributed by atoms with E-state index in [2.05, 4.69) is 25.7 Å². The van der Waals surface area contributed by atoms with Crippen molar-refractivity contribution in [2.24, 2.45) is 0 Å². The van der Waals surface area contributed by atoms with Crippen LogP contribution in [0, 0.1) is 0 Å². The number of aromatic nitrogens is 4. The molecule has 0 bridgehead atoms. The first kappa shape index (κ1) is 18.4. The van der Waals surface area contributed by atoms with Crippen LogP contribution >= 0.6 is 0 Å². The van der Waals surface area contributed by atoms with Gasteiger partial charge in [-0.25, -0.2) is 14.6 Å². The molecule has 4 aromatic rings. The molecule has 2 aromatic carbocycles. The number of anilines is 2. The zero-order chi connectivity index (χ0) is 20.3. The summed E-state index contributed by atoms with van der Waals surface area (Å²) in [4.78, 5) is 8.65. The van der Waals surface area contributed by atoms with E-state index in [-0.39, 0.29) is 0 Å². The van der Waals surface area contributed by atoms with E-state index in [9.17, 15) is 0 Å². The number of nitrogens with one attached hydrogen (secondary N) is 2. The summed E-state index contributed by atoms with van der Waals surface area (Å²) in [6, 6.07) is 15.8. The van der Waals surface area contributed by atoms with Crippen LogP contribution in [0.4, 0.5) is 11.6 Å². The van der Waals surface area contributed by atoms with Crippen LogP contribution in [-0.4, -0.2) is 38.9 Å². The van der Waals surface area contributed by atoms with Crippen LogP contribution < -0.4 is 21.1 Å². The van der Waals surface area contributed by atoms with Gasteiger partial charge in [0.1, 0.15) is 23.5 Å². The van der Waals surface area contributed by atoms with Crippen LogP contribution in [0.2, 0.25) is 0 Å². The molecule has 4 N–H and O–H groups in total. The molecule has 5 rings (SSSR count). The fraction of sp³-hybridized carbons (Fsp3) is 0.227. The average Bonchev–Trinajstić information content (AvgIpc) is 3.18. The topological polar surface area (TPSA) is 103 Å². The molecule has 152 valence electrons. The van der Waals surface area contributed by atoms with Crippen molar-refractivity contribution >= 4 is 22.5 Å². The summed E-state index contributed by atoms with van der Waals surface area (Å²) in [6.45, 7) is 1.94. The first-order valence-electron chi connectivity index (χ1n) is 10.1. The van der Waals surface area contributed by atoms with Crippen molar-refractivity contribution in [3.05, 3.63) is 61.1 Å². The minimum Gasteiger partial charge on any atom is -0.457 e. The van der Waals surface area contributed by atoms with Crippen molar-refractivity contribution in [3.8, 4) is 17.2 Å². The summed E-state index contributed by atoms with van der Waals surface area (Å²) >= 11 is 0. The van der Waals surface area contributed by atoms with E-state index in [1.165, 1.54) is 6.33 Å². The van der Waals surface area contributed by atoms with Crippen LogP contribution in [-0.2, 0) is 0 Å². The van der Waals surface area contributed by atoms with E-state index >= 15 is 0 Å². The zero-order valence-electron chi connectivity index (χ0n) is 16.5. The predicted octanol–water partition coefficient (Wildman–Crippen LogP) is 3.35. The third-order valence-corrected chi connectivity index (χ3v) is 5.22. The largest absolute Gasteiger partial charge is 0.457 e. The maximum Gasteiger partial charge on any atom is 0.157 e. The van der Waals surface area contributed by atoms with Gasteiger partial charge in [-0.2, -0.15) is 5.10 Å². The third-order valence-electron chi connectivity index (χ3n) is 5.22. The number of nitrogens with two attached hydrogens (primary N) is 1. The number of para-hydroxylation sites is 1. The Balaban J connectivity index is 1.49. The van der Waals surface area contributed by atoms with E-state index in [4.69, 9.17) is 10.5 Å². The third kappa shape index (κ3) is 3.65. The molecule has 0 spiro atoms. The smallest absolute Gasteiger partial charge is 0.157 e. The fourth-order valence-electron chi connectivity index (χ4n) is 3.75. The summed E-state index contributed by atoms with van der Waals surface area (Å²) < 4.78 is 7.73. The highest BCUT2D eigenvalue weighted by Crippen LogP contribution is 2.30. The van der Waals surface area contributed by atoms with Gasteiger partial charge in [-0.15, -0.1) is 0 Å². The SMILES string of the molecule is Nc1ncnc(N[C@@H]2CCCNC2)c1-n1ncc2cc(Oc3ccccc3)ccc21. The molecule has 1 saturated heterocycles. The van der Waals surface area contributed by atoms with Crippen molar-refractivity contribution in [2.45, 2.75) is 18.9 Å². The second-order valence-electron chi connectivity index (χ2n) is 7.34. The van der Waals surface area contributed by atoms with E-state index in [0.717, 1.165) is 48.3 Å². The van der Waals surface area contributed by atoms with Crippen molar-refractivity contribution in [3.63, 3.8) is 0 Å². The summed E-state index contributed by atoms with van der Waals surface area (Å²) in [5.41, 5.74) is 7.81. The highest BCUT2D eigenvalue weighted by molar-refractivity contribution is 5.84. The van der Waals surface area contributed by atoms with Crippen molar-refractivity contribution in [2.75, 3.05) is 24.1 Å². The lowest BCUT2D eigenvalue weighted by Crippen LogP contribution is -2.38. The summed E-state index contributed by atoms with van der Waals surface area (Å²) in [5.74, 6) is 2.60. The van der Waals surface area contributed by atoms with Crippen molar-refractivity contribution in [1.82, 2.24) is 25.1 Å². The minimum atomic E-state index is 0.291. The molecule has 1 fully saturated rings. The predicted molar refractivity (Wildman–Crippen MR) is 117 cm³/mol. The molecular formula is C22H23N7O. The van der Waals surface area contributed by atoms with Gasteiger partial charge in [-0.1, -0.05) is 18.2 Å². The molecule has 1 atom stereocenters. The number of rotatable bonds is 5. The number of piperidine rings is 1. The molecule has 1 aliphatic heterocycles. The minimum absolute atomic E-state index is 0.291. The molecule has 8 heteroatoms. The second kappa shape index (κ2) is 8.00. The Morgan fingerprint density at radius 2 is 2.00 bits per heavy atom. The first-order valence-corrected chi connectivity index (χ1v) is 10.1. The van der Waals surface area contributed by atoms with Gasteiger partial charge in [-0.05, 0) is 49.7 Å². The second-order valence-corrected chi connectivity index (χ2v) is 7.34. The Bertz CT molecular complexity index is 1150. The molecule has 0 amide bonds. The number of nitrogen functional groups attached to an aromatic ring is 1. The Morgan fingerprint density at radius 3 is 2.83 bits per heavy atom. The normalized spacial score (nSPS) is 16.5. The zero-order valence-corrected chi connectivity index (χ0v) is 16.5. The van der Waals surface area contributed by atoms with Crippen LogP contribution in [0.1, 0.15) is 12.8 Å². The molecule has 1 aliphatic rings. The number of hydrogen-bond donors (Lipinski definition) is 3. The van der Waals surface area contributed by atoms with Gasteiger partial charge >= 0.3 is 0 Å². The van der Waals surface area contributed by atoms with Crippen LogP contribution in [0.15, 0.2) is 61.1 Å². The number of fused-ring (bicyclic) bond motifs is 1. The number of nitrogens with zero attached hydrogens (tertiary/aromatic N) is 4. The van der Waals surface area contributed by atoms with E-state index in [1.807, 2.05) is 48.5 Å². The Labute approximate surface area is 174 Å². The van der Waals surface area contributed by atoms with Gasteiger partial charge in [0.05, 0.1) is 11.7 Å². The monoisotopic (exact) mass is 401 g/mol. The molecule has 8 nitrogen and oxygen atoms in total. The maximum atomic E-state index is 6.25. The van der Waals surface area contributed by atoms with Crippen LogP contribution in [0.25, 0.3) is 16.6 Å². The van der Waals surface area contributed by atoms with Gasteiger partial charge < -0.3 is 21.1 Å². The molecule has 0 radical (unpaired) electrons. The summed E-state index contributed by atoms with van der Waals surface area (Å²) in [5, 5.41) is 12.4. The van der Waals surface area contributed by atoms with E-state index in [0.29, 0.717) is 23.4 Å². The molecule has 0 unspecified atom stereocenters. The number of hydrogen-bond acceptors (Lipinski definition) is 7. The standard InChI is InChI=1S/C22H23N7O/c23-21-20(22(26-14-25-21)28-16-5-4-10-24-13-16)29-19-9-8-18(11-15(19)12-27-29)30-17-6-2-1-3-7-17/h1-3,6-9,11-12,14,16,24H,4-5,10,13H2,(H3,23,25,26,28)/t16-/m1/s1. The van der Waals surface area contributed by atoms with Gasteiger partial charge in [0.2, 0.25) is 0 Å². The van der Waals surface area contributed by atoms with Gasteiger partial charge in [0.25, 0.3) is 0 Å². The van der Waals surface area contributed by atoms with Crippen LogP contribution in [0.5, 0.6) is 11.5 Å². The quantitative estimate of drug-likeness (QED) is 0.471. The van der Waals surface area contributed by atoms with Gasteiger partial charge in [-0.3, -0.25) is 0 Å². The van der Waals surface area contributed by atoms with Gasteiger partial charge in [0.15, 0.2) is 11.6 Å². The van der Waals surface area contributed by atoms with Crippen LogP contribution in [0.3, 0.4) is 0 Å². The first-order chi connectivity index (χ1) is 14.8. The molecule has 0 aliphatic carbocycles.